The number of amides is 1. The molecule has 1 heterocycles. The van der Waals surface area contributed by atoms with E-state index in [0.717, 1.165) is 19.4 Å². The molecular formula is C10H16N4O. The summed E-state index contributed by atoms with van der Waals surface area (Å²) in [5.41, 5.74) is 0.420. The topological polar surface area (TPSA) is 61.9 Å². The molecule has 1 saturated carbocycles. The molecule has 1 aromatic rings. The number of aromatic amines is 1. The Bertz CT molecular complexity index is 316. The molecule has 2 rings (SSSR count). The van der Waals surface area contributed by atoms with Gasteiger partial charge in [-0.2, -0.15) is 15.4 Å². The monoisotopic (exact) mass is 208 g/mol. The van der Waals surface area contributed by atoms with Crippen molar-refractivity contribution in [2.75, 3.05) is 6.54 Å². The van der Waals surface area contributed by atoms with Crippen molar-refractivity contribution in [3.63, 3.8) is 0 Å². The van der Waals surface area contributed by atoms with E-state index in [0.29, 0.717) is 11.7 Å². The molecule has 0 spiro atoms. The van der Waals surface area contributed by atoms with Crippen LogP contribution in [0.5, 0.6) is 0 Å². The van der Waals surface area contributed by atoms with Gasteiger partial charge in [0.25, 0.3) is 5.91 Å². The molecule has 0 aliphatic heterocycles. The number of aromatic nitrogens is 3. The van der Waals surface area contributed by atoms with Crippen molar-refractivity contribution in [1.29, 1.82) is 0 Å². The predicted molar refractivity (Wildman–Crippen MR) is 55.3 cm³/mol. The summed E-state index contributed by atoms with van der Waals surface area (Å²) in [7, 11) is 0. The third-order valence-electron chi connectivity index (χ3n) is 3.00. The first kappa shape index (κ1) is 10.1. The van der Waals surface area contributed by atoms with E-state index in [2.05, 4.69) is 15.4 Å². The minimum absolute atomic E-state index is 0.00171. The molecular weight excluding hydrogens is 192 g/mol. The van der Waals surface area contributed by atoms with E-state index in [-0.39, 0.29) is 5.91 Å². The Labute approximate surface area is 88.9 Å². The van der Waals surface area contributed by atoms with Gasteiger partial charge in [0.2, 0.25) is 0 Å². The fourth-order valence-corrected chi connectivity index (χ4v) is 2.24. The summed E-state index contributed by atoms with van der Waals surface area (Å²) < 4.78 is 0. The molecule has 0 atom stereocenters. The van der Waals surface area contributed by atoms with Crippen LogP contribution >= 0.6 is 0 Å². The van der Waals surface area contributed by atoms with Gasteiger partial charge in [-0.1, -0.05) is 12.8 Å². The van der Waals surface area contributed by atoms with Crippen molar-refractivity contribution in [2.45, 2.75) is 38.6 Å². The summed E-state index contributed by atoms with van der Waals surface area (Å²) in [5, 5.41) is 9.96. The lowest BCUT2D eigenvalue weighted by molar-refractivity contribution is 0.0687. The first-order valence-electron chi connectivity index (χ1n) is 5.49. The van der Waals surface area contributed by atoms with E-state index in [9.17, 15) is 4.79 Å². The summed E-state index contributed by atoms with van der Waals surface area (Å²) in [4.78, 5) is 13.9. The van der Waals surface area contributed by atoms with Crippen LogP contribution in [0, 0.1) is 0 Å². The van der Waals surface area contributed by atoms with Crippen LogP contribution in [-0.4, -0.2) is 38.8 Å². The van der Waals surface area contributed by atoms with Crippen LogP contribution in [-0.2, 0) is 0 Å². The normalized spacial score (nSPS) is 16.9. The van der Waals surface area contributed by atoms with Crippen LogP contribution < -0.4 is 0 Å². The van der Waals surface area contributed by atoms with Gasteiger partial charge in [-0.15, -0.1) is 0 Å². The average molecular weight is 208 g/mol. The molecule has 15 heavy (non-hydrogen) atoms. The molecule has 82 valence electrons. The lowest BCUT2D eigenvalue weighted by atomic mass is 10.2. The standard InChI is InChI=1S/C10H16N4O/c1-2-14(8-5-3-4-6-8)10(15)9-7-11-13-12-9/h7-8H,2-6H2,1H3,(H,11,12,13). The van der Waals surface area contributed by atoms with E-state index >= 15 is 0 Å². The number of carbonyl (C=O) groups is 1. The average Bonchev–Trinajstić information content (AvgIpc) is 2.91. The number of nitrogens with zero attached hydrogens (tertiary/aromatic N) is 3. The van der Waals surface area contributed by atoms with Crippen LogP contribution in [0.1, 0.15) is 43.1 Å². The molecule has 1 aromatic heterocycles. The lowest BCUT2D eigenvalue weighted by Crippen LogP contribution is -2.38. The summed E-state index contributed by atoms with van der Waals surface area (Å²) in [6, 6.07) is 0.402. The Kier molecular flexibility index (Phi) is 2.99. The van der Waals surface area contributed by atoms with Crippen molar-refractivity contribution >= 4 is 5.91 Å². The number of carbonyl (C=O) groups excluding carboxylic acids is 1. The van der Waals surface area contributed by atoms with E-state index < -0.39 is 0 Å². The molecule has 1 aliphatic carbocycles. The Hall–Kier alpha value is -1.39. The van der Waals surface area contributed by atoms with E-state index in [1.165, 1.54) is 19.0 Å². The van der Waals surface area contributed by atoms with Gasteiger partial charge >= 0.3 is 0 Å². The summed E-state index contributed by atoms with van der Waals surface area (Å²) in [6.45, 7) is 2.76. The van der Waals surface area contributed by atoms with Crippen LogP contribution in [0.25, 0.3) is 0 Å². The highest BCUT2D eigenvalue weighted by Crippen LogP contribution is 2.24. The maximum absolute atomic E-state index is 12.0. The van der Waals surface area contributed by atoms with Crippen LogP contribution in [0.15, 0.2) is 6.20 Å². The van der Waals surface area contributed by atoms with Gasteiger partial charge in [0, 0.05) is 12.6 Å². The Morgan fingerprint density at radius 3 is 2.87 bits per heavy atom. The second-order valence-corrected chi connectivity index (χ2v) is 3.88. The summed E-state index contributed by atoms with van der Waals surface area (Å²) in [6.07, 6.45) is 6.19. The van der Waals surface area contributed by atoms with Gasteiger partial charge in [-0.25, -0.2) is 0 Å². The fourth-order valence-electron chi connectivity index (χ4n) is 2.24. The van der Waals surface area contributed by atoms with E-state index in [1.807, 2.05) is 11.8 Å². The van der Waals surface area contributed by atoms with Gasteiger partial charge in [0.15, 0.2) is 5.69 Å². The van der Waals surface area contributed by atoms with E-state index in [1.54, 1.807) is 0 Å². The number of H-pyrrole nitrogens is 1. The molecule has 0 aromatic carbocycles. The highest BCUT2D eigenvalue weighted by Gasteiger charge is 2.27. The van der Waals surface area contributed by atoms with Gasteiger partial charge in [-0.05, 0) is 19.8 Å². The molecule has 1 N–H and O–H groups in total. The SMILES string of the molecule is CCN(C(=O)c1cn[nH]n1)C1CCCC1. The zero-order valence-electron chi connectivity index (χ0n) is 8.94. The predicted octanol–water partition coefficient (Wildman–Crippen LogP) is 1.21. The van der Waals surface area contributed by atoms with E-state index in [4.69, 9.17) is 0 Å². The minimum atomic E-state index is -0.00171. The van der Waals surface area contributed by atoms with Gasteiger partial charge < -0.3 is 4.90 Å². The lowest BCUT2D eigenvalue weighted by Gasteiger charge is -2.26. The molecule has 0 saturated heterocycles. The van der Waals surface area contributed by atoms with Gasteiger partial charge in [0.05, 0.1) is 6.20 Å². The van der Waals surface area contributed by atoms with Crippen LogP contribution in [0.2, 0.25) is 0 Å². The first-order valence-corrected chi connectivity index (χ1v) is 5.49. The summed E-state index contributed by atoms with van der Waals surface area (Å²) in [5.74, 6) is -0.00171. The summed E-state index contributed by atoms with van der Waals surface area (Å²) >= 11 is 0. The highest BCUT2D eigenvalue weighted by atomic mass is 16.2. The number of nitrogens with one attached hydrogen (secondary N) is 1. The van der Waals surface area contributed by atoms with Crippen LogP contribution in [0.3, 0.4) is 0 Å². The Balaban J connectivity index is 2.09. The Morgan fingerprint density at radius 2 is 2.33 bits per heavy atom. The maximum Gasteiger partial charge on any atom is 0.276 e. The quantitative estimate of drug-likeness (QED) is 0.812. The first-order chi connectivity index (χ1) is 7.33. The van der Waals surface area contributed by atoms with Crippen molar-refractivity contribution < 1.29 is 4.79 Å². The molecule has 0 radical (unpaired) electrons. The fraction of sp³-hybridized carbons (Fsp3) is 0.700. The smallest absolute Gasteiger partial charge is 0.276 e. The minimum Gasteiger partial charge on any atom is -0.334 e. The molecule has 5 heteroatoms. The Morgan fingerprint density at radius 1 is 1.60 bits per heavy atom. The van der Waals surface area contributed by atoms with Crippen molar-refractivity contribution in [1.82, 2.24) is 20.3 Å². The maximum atomic E-state index is 12.0. The third kappa shape index (κ3) is 2.00. The largest absolute Gasteiger partial charge is 0.334 e. The highest BCUT2D eigenvalue weighted by molar-refractivity contribution is 5.92. The third-order valence-corrected chi connectivity index (χ3v) is 3.00. The zero-order valence-corrected chi connectivity index (χ0v) is 8.94. The second-order valence-electron chi connectivity index (χ2n) is 3.88. The number of rotatable bonds is 3. The number of hydrogen-bond acceptors (Lipinski definition) is 3. The van der Waals surface area contributed by atoms with Crippen molar-refractivity contribution in [3.8, 4) is 0 Å². The molecule has 1 amide bonds. The van der Waals surface area contributed by atoms with Crippen LogP contribution in [0.4, 0.5) is 0 Å². The molecule has 0 bridgehead atoms. The molecule has 1 aliphatic rings. The number of hydrogen-bond donors (Lipinski definition) is 1. The molecule has 5 nitrogen and oxygen atoms in total. The van der Waals surface area contributed by atoms with Crippen molar-refractivity contribution in [2.24, 2.45) is 0 Å². The molecule has 1 fully saturated rings. The van der Waals surface area contributed by atoms with Crippen molar-refractivity contribution in [3.05, 3.63) is 11.9 Å². The second kappa shape index (κ2) is 4.42. The molecule has 0 unspecified atom stereocenters. The van der Waals surface area contributed by atoms with Gasteiger partial charge in [-0.3, -0.25) is 4.79 Å². The zero-order chi connectivity index (χ0) is 10.7. The van der Waals surface area contributed by atoms with Gasteiger partial charge in [0.1, 0.15) is 0 Å².